The maximum absolute atomic E-state index is 13.0. The lowest BCUT2D eigenvalue weighted by Gasteiger charge is -2.33. The number of amides is 2. The zero-order chi connectivity index (χ0) is 19.7. The number of rotatable bonds is 4. The van der Waals surface area contributed by atoms with Crippen LogP contribution in [0.25, 0.3) is 0 Å². The Labute approximate surface area is 168 Å². The van der Waals surface area contributed by atoms with Crippen LogP contribution in [0.3, 0.4) is 0 Å². The summed E-state index contributed by atoms with van der Waals surface area (Å²) in [6, 6.07) is 11.6. The lowest BCUT2D eigenvalue weighted by molar-refractivity contribution is -0.132. The average molecular weight is 398 g/mol. The third kappa shape index (κ3) is 3.42. The van der Waals surface area contributed by atoms with E-state index < -0.39 is 0 Å². The summed E-state index contributed by atoms with van der Waals surface area (Å²) in [7, 11) is 3.22. The zero-order valence-corrected chi connectivity index (χ0v) is 16.8. The Morgan fingerprint density at radius 2 is 1.82 bits per heavy atom. The number of anilines is 1. The van der Waals surface area contributed by atoms with E-state index in [4.69, 9.17) is 9.47 Å². The summed E-state index contributed by atoms with van der Waals surface area (Å²) in [6.45, 7) is 1.20. The van der Waals surface area contributed by atoms with Gasteiger partial charge in [-0.05, 0) is 41.8 Å². The van der Waals surface area contributed by atoms with E-state index in [1.807, 2.05) is 41.3 Å². The molecule has 2 amide bonds. The summed E-state index contributed by atoms with van der Waals surface area (Å²) >= 11 is 1.52. The Balaban J connectivity index is 1.52. The van der Waals surface area contributed by atoms with Gasteiger partial charge in [-0.1, -0.05) is 12.1 Å². The van der Waals surface area contributed by atoms with Crippen LogP contribution in [-0.4, -0.2) is 49.8 Å². The molecule has 2 heterocycles. The molecule has 0 atom stereocenters. The second-order valence-electron chi connectivity index (χ2n) is 6.78. The molecule has 0 spiro atoms. The van der Waals surface area contributed by atoms with Crippen molar-refractivity contribution in [2.24, 2.45) is 0 Å². The van der Waals surface area contributed by atoms with Gasteiger partial charge in [0, 0.05) is 18.0 Å². The van der Waals surface area contributed by atoms with Crippen molar-refractivity contribution in [3.05, 3.63) is 47.5 Å². The number of nitrogens with zero attached hydrogens (tertiary/aromatic N) is 2. The van der Waals surface area contributed by atoms with Crippen molar-refractivity contribution in [2.45, 2.75) is 17.9 Å². The van der Waals surface area contributed by atoms with Crippen molar-refractivity contribution in [1.29, 1.82) is 0 Å². The van der Waals surface area contributed by atoms with E-state index in [1.54, 1.807) is 19.1 Å². The molecular weight excluding hydrogens is 376 g/mol. The number of hydrogen-bond acceptors (Lipinski definition) is 5. The first-order valence-electron chi connectivity index (χ1n) is 9.14. The summed E-state index contributed by atoms with van der Waals surface area (Å²) in [5.41, 5.74) is 3.04. The van der Waals surface area contributed by atoms with Crippen LogP contribution in [0.1, 0.15) is 11.1 Å². The van der Waals surface area contributed by atoms with Crippen LogP contribution in [0.15, 0.2) is 41.3 Å². The number of thioether (sulfide) groups is 1. The molecule has 0 aliphatic carbocycles. The van der Waals surface area contributed by atoms with Crippen molar-refractivity contribution < 1.29 is 19.1 Å². The van der Waals surface area contributed by atoms with Crippen molar-refractivity contribution in [2.75, 3.05) is 38.0 Å². The van der Waals surface area contributed by atoms with Gasteiger partial charge in [-0.15, -0.1) is 11.8 Å². The SMILES string of the molecule is COc1cc2c(cc1OC)CN(C(=O)CN1C(=O)CSc3ccccc31)CC2. The van der Waals surface area contributed by atoms with Crippen LogP contribution in [0.5, 0.6) is 11.5 Å². The third-order valence-corrected chi connectivity index (χ3v) is 6.22. The van der Waals surface area contributed by atoms with Crippen molar-refractivity contribution >= 4 is 29.3 Å². The van der Waals surface area contributed by atoms with Gasteiger partial charge in [-0.25, -0.2) is 0 Å². The van der Waals surface area contributed by atoms with E-state index in [1.165, 1.54) is 11.8 Å². The van der Waals surface area contributed by atoms with Gasteiger partial charge in [0.2, 0.25) is 11.8 Å². The van der Waals surface area contributed by atoms with Gasteiger partial charge in [-0.3, -0.25) is 9.59 Å². The molecule has 0 saturated heterocycles. The predicted molar refractivity (Wildman–Crippen MR) is 108 cm³/mol. The minimum absolute atomic E-state index is 0.0270. The molecule has 0 N–H and O–H groups in total. The topological polar surface area (TPSA) is 59.1 Å². The number of carbonyl (C=O) groups excluding carboxylic acids is 2. The molecular formula is C21H22N2O4S. The molecule has 6 nitrogen and oxygen atoms in total. The molecule has 28 heavy (non-hydrogen) atoms. The van der Waals surface area contributed by atoms with E-state index >= 15 is 0 Å². The average Bonchev–Trinajstić information content (AvgIpc) is 2.74. The number of ether oxygens (including phenoxy) is 2. The second-order valence-corrected chi connectivity index (χ2v) is 7.79. The normalized spacial score (nSPS) is 15.7. The standard InChI is InChI=1S/C21H22N2O4S/c1-26-17-9-14-7-8-22(11-15(14)10-18(17)27-2)20(24)12-23-16-5-3-4-6-19(16)28-13-21(23)25/h3-6,9-10H,7-8,11-13H2,1-2H3. The zero-order valence-electron chi connectivity index (χ0n) is 15.9. The Morgan fingerprint density at radius 3 is 2.57 bits per heavy atom. The van der Waals surface area contributed by atoms with Gasteiger partial charge in [0.1, 0.15) is 6.54 Å². The monoisotopic (exact) mass is 398 g/mol. The van der Waals surface area contributed by atoms with Crippen molar-refractivity contribution in [1.82, 2.24) is 4.90 Å². The minimum atomic E-state index is -0.0458. The molecule has 0 fully saturated rings. The van der Waals surface area contributed by atoms with E-state index in [0.29, 0.717) is 30.3 Å². The van der Waals surface area contributed by atoms with E-state index in [2.05, 4.69) is 0 Å². The number of para-hydroxylation sites is 1. The highest BCUT2D eigenvalue weighted by atomic mass is 32.2. The lowest BCUT2D eigenvalue weighted by Crippen LogP contribution is -2.46. The van der Waals surface area contributed by atoms with Gasteiger partial charge in [0.15, 0.2) is 11.5 Å². The maximum Gasteiger partial charge on any atom is 0.242 e. The van der Waals surface area contributed by atoms with Gasteiger partial charge < -0.3 is 19.3 Å². The Morgan fingerprint density at radius 1 is 1.11 bits per heavy atom. The van der Waals surface area contributed by atoms with Crippen LogP contribution in [0.2, 0.25) is 0 Å². The van der Waals surface area contributed by atoms with E-state index in [9.17, 15) is 9.59 Å². The molecule has 0 saturated carbocycles. The highest BCUT2D eigenvalue weighted by Crippen LogP contribution is 2.36. The highest BCUT2D eigenvalue weighted by molar-refractivity contribution is 8.00. The number of benzene rings is 2. The second kappa shape index (κ2) is 7.75. The number of hydrogen-bond donors (Lipinski definition) is 0. The summed E-state index contributed by atoms with van der Waals surface area (Å²) < 4.78 is 10.8. The molecule has 146 valence electrons. The summed E-state index contributed by atoms with van der Waals surface area (Å²) in [5.74, 6) is 1.66. The van der Waals surface area contributed by atoms with Gasteiger partial charge in [0.25, 0.3) is 0 Å². The quantitative estimate of drug-likeness (QED) is 0.793. The van der Waals surface area contributed by atoms with Crippen LogP contribution < -0.4 is 14.4 Å². The highest BCUT2D eigenvalue weighted by Gasteiger charge is 2.29. The number of carbonyl (C=O) groups is 2. The molecule has 0 radical (unpaired) electrons. The van der Waals surface area contributed by atoms with Crippen molar-refractivity contribution in [3.8, 4) is 11.5 Å². The Bertz CT molecular complexity index is 931. The maximum atomic E-state index is 13.0. The van der Waals surface area contributed by atoms with Crippen LogP contribution in [0, 0.1) is 0 Å². The van der Waals surface area contributed by atoms with E-state index in [-0.39, 0.29) is 18.4 Å². The van der Waals surface area contributed by atoms with Crippen LogP contribution in [-0.2, 0) is 22.6 Å². The molecule has 0 bridgehead atoms. The molecule has 0 unspecified atom stereocenters. The van der Waals surface area contributed by atoms with Gasteiger partial charge in [0.05, 0.1) is 25.7 Å². The number of fused-ring (bicyclic) bond motifs is 2. The van der Waals surface area contributed by atoms with Gasteiger partial charge in [-0.2, -0.15) is 0 Å². The van der Waals surface area contributed by atoms with E-state index in [0.717, 1.165) is 28.1 Å². The lowest BCUT2D eigenvalue weighted by atomic mass is 9.98. The summed E-state index contributed by atoms with van der Waals surface area (Å²) in [4.78, 5) is 29.9. The Hall–Kier alpha value is -2.67. The molecule has 2 aliphatic rings. The molecule has 2 aromatic carbocycles. The minimum Gasteiger partial charge on any atom is -0.493 e. The third-order valence-electron chi connectivity index (χ3n) is 5.17. The van der Waals surface area contributed by atoms with Crippen molar-refractivity contribution in [3.63, 3.8) is 0 Å². The van der Waals surface area contributed by atoms with Crippen LogP contribution in [0.4, 0.5) is 5.69 Å². The Kier molecular flexibility index (Phi) is 5.17. The molecule has 4 rings (SSSR count). The molecule has 2 aliphatic heterocycles. The fraction of sp³-hybridized carbons (Fsp3) is 0.333. The smallest absolute Gasteiger partial charge is 0.242 e. The summed E-state index contributed by atoms with van der Waals surface area (Å²) in [5, 5.41) is 0. The first-order chi connectivity index (χ1) is 13.6. The fourth-order valence-corrected chi connectivity index (χ4v) is 4.59. The molecule has 2 aromatic rings. The predicted octanol–water partition coefficient (Wildman–Crippen LogP) is 2.73. The number of methoxy groups -OCH3 is 2. The molecule has 0 aromatic heterocycles. The largest absolute Gasteiger partial charge is 0.493 e. The van der Waals surface area contributed by atoms with Gasteiger partial charge >= 0.3 is 0 Å². The molecule has 7 heteroatoms. The first kappa shape index (κ1) is 18.7. The fourth-order valence-electron chi connectivity index (χ4n) is 3.66. The first-order valence-corrected chi connectivity index (χ1v) is 10.1. The summed E-state index contributed by atoms with van der Waals surface area (Å²) in [6.07, 6.45) is 0.752. The van der Waals surface area contributed by atoms with Crippen LogP contribution >= 0.6 is 11.8 Å².